The average Bonchev–Trinajstić information content (AvgIpc) is 2.53. The number of nitrogens with zero attached hydrogens (tertiary/aromatic N) is 1. The molecule has 0 fully saturated rings. The lowest BCUT2D eigenvalue weighted by Gasteiger charge is -2.18. The molecule has 0 heterocycles. The summed E-state index contributed by atoms with van der Waals surface area (Å²) in [6.45, 7) is 0. The average molecular weight is 316 g/mol. The minimum absolute atomic E-state index is 0.0314. The molecule has 0 spiro atoms. The largest absolute Gasteiger partial charge is 0.389 e. The molecule has 0 atom stereocenters. The number of benzene rings is 2. The zero-order chi connectivity index (χ0) is 15.2. The molecule has 0 saturated carbocycles. The number of nitrogens with two attached hydrogens (primary N) is 1. The van der Waals surface area contributed by atoms with Crippen LogP contribution in [0.3, 0.4) is 0 Å². The van der Waals surface area contributed by atoms with E-state index in [1.807, 2.05) is 54.6 Å². The second kappa shape index (κ2) is 7.24. The SMILES string of the molecule is CN(C(=O)CSc1ccccc1)c1cccc(C(N)=S)c1. The van der Waals surface area contributed by atoms with Gasteiger partial charge in [0.15, 0.2) is 0 Å². The minimum Gasteiger partial charge on any atom is -0.389 e. The summed E-state index contributed by atoms with van der Waals surface area (Å²) in [5, 5.41) is 0. The lowest BCUT2D eigenvalue weighted by molar-refractivity contribution is -0.115. The molecule has 5 heteroatoms. The maximum absolute atomic E-state index is 12.2. The van der Waals surface area contributed by atoms with Crippen molar-refractivity contribution >= 4 is 40.6 Å². The lowest BCUT2D eigenvalue weighted by atomic mass is 10.2. The molecular formula is C16H16N2OS2. The van der Waals surface area contributed by atoms with Gasteiger partial charge in [0.05, 0.1) is 5.75 Å². The van der Waals surface area contributed by atoms with Crippen molar-refractivity contribution in [2.75, 3.05) is 17.7 Å². The molecule has 0 radical (unpaired) electrons. The van der Waals surface area contributed by atoms with Crippen LogP contribution in [0, 0.1) is 0 Å². The first kappa shape index (κ1) is 15.5. The highest BCUT2D eigenvalue weighted by atomic mass is 32.2. The molecule has 0 unspecified atom stereocenters. The smallest absolute Gasteiger partial charge is 0.237 e. The van der Waals surface area contributed by atoms with E-state index in [4.69, 9.17) is 18.0 Å². The Morgan fingerprint density at radius 1 is 1.19 bits per heavy atom. The second-order valence-electron chi connectivity index (χ2n) is 4.47. The monoisotopic (exact) mass is 316 g/mol. The van der Waals surface area contributed by atoms with Gasteiger partial charge in [-0.25, -0.2) is 0 Å². The molecule has 2 N–H and O–H groups in total. The Kier molecular flexibility index (Phi) is 5.36. The Bertz CT molecular complexity index is 644. The number of anilines is 1. The Morgan fingerprint density at radius 2 is 1.90 bits per heavy atom. The van der Waals surface area contributed by atoms with Crippen molar-refractivity contribution in [2.45, 2.75) is 4.90 Å². The van der Waals surface area contributed by atoms with E-state index in [1.165, 1.54) is 11.8 Å². The van der Waals surface area contributed by atoms with E-state index in [2.05, 4.69) is 0 Å². The van der Waals surface area contributed by atoms with E-state index >= 15 is 0 Å². The molecule has 21 heavy (non-hydrogen) atoms. The van der Waals surface area contributed by atoms with E-state index in [-0.39, 0.29) is 5.91 Å². The van der Waals surface area contributed by atoms with E-state index in [1.54, 1.807) is 11.9 Å². The number of hydrogen-bond acceptors (Lipinski definition) is 3. The number of amides is 1. The Labute approximate surface area is 134 Å². The summed E-state index contributed by atoms with van der Waals surface area (Å²) in [6.07, 6.45) is 0. The van der Waals surface area contributed by atoms with Crippen LogP contribution in [0.1, 0.15) is 5.56 Å². The van der Waals surface area contributed by atoms with Gasteiger partial charge in [-0.05, 0) is 24.3 Å². The minimum atomic E-state index is 0.0314. The molecule has 0 saturated heterocycles. The summed E-state index contributed by atoms with van der Waals surface area (Å²) in [5.41, 5.74) is 7.17. The molecular weight excluding hydrogens is 300 g/mol. The van der Waals surface area contributed by atoms with Crippen molar-refractivity contribution in [1.29, 1.82) is 0 Å². The van der Waals surface area contributed by atoms with Crippen LogP contribution in [0.15, 0.2) is 59.5 Å². The van der Waals surface area contributed by atoms with Crippen LogP contribution in [0.25, 0.3) is 0 Å². The third-order valence-corrected chi connectivity index (χ3v) is 4.23. The van der Waals surface area contributed by atoms with Crippen molar-refractivity contribution < 1.29 is 4.79 Å². The van der Waals surface area contributed by atoms with Gasteiger partial charge in [0.25, 0.3) is 0 Å². The number of rotatable bonds is 5. The Balaban J connectivity index is 2.02. The van der Waals surface area contributed by atoms with E-state index < -0.39 is 0 Å². The van der Waals surface area contributed by atoms with Gasteiger partial charge in [0.2, 0.25) is 5.91 Å². The van der Waals surface area contributed by atoms with Gasteiger partial charge in [-0.2, -0.15) is 0 Å². The summed E-state index contributed by atoms with van der Waals surface area (Å²) >= 11 is 6.48. The lowest BCUT2D eigenvalue weighted by Crippen LogP contribution is -2.28. The van der Waals surface area contributed by atoms with E-state index in [0.29, 0.717) is 10.7 Å². The van der Waals surface area contributed by atoms with Gasteiger partial charge >= 0.3 is 0 Å². The summed E-state index contributed by atoms with van der Waals surface area (Å²) in [5.74, 6) is 0.418. The number of thiocarbonyl (C=S) groups is 1. The van der Waals surface area contributed by atoms with Crippen LogP contribution in [0.4, 0.5) is 5.69 Å². The normalized spacial score (nSPS) is 10.1. The van der Waals surface area contributed by atoms with Crippen LogP contribution in [-0.2, 0) is 4.79 Å². The predicted molar refractivity (Wildman–Crippen MR) is 92.9 cm³/mol. The fourth-order valence-corrected chi connectivity index (χ4v) is 2.73. The fourth-order valence-electron chi connectivity index (χ4n) is 1.77. The molecule has 0 aliphatic carbocycles. The maximum Gasteiger partial charge on any atom is 0.237 e. The van der Waals surface area contributed by atoms with Gasteiger partial charge in [-0.15, -0.1) is 11.8 Å². The quantitative estimate of drug-likeness (QED) is 0.680. The molecule has 2 aromatic rings. The summed E-state index contributed by atoms with van der Waals surface area (Å²) in [7, 11) is 1.76. The number of thioether (sulfide) groups is 1. The van der Waals surface area contributed by atoms with Gasteiger partial charge < -0.3 is 10.6 Å². The molecule has 0 aromatic heterocycles. The first-order valence-electron chi connectivity index (χ1n) is 6.42. The molecule has 0 aliphatic rings. The van der Waals surface area contributed by atoms with Crippen molar-refractivity contribution in [3.63, 3.8) is 0 Å². The summed E-state index contributed by atoms with van der Waals surface area (Å²) < 4.78 is 0. The van der Waals surface area contributed by atoms with Gasteiger partial charge in [0, 0.05) is 23.2 Å². The zero-order valence-corrected chi connectivity index (χ0v) is 13.3. The highest BCUT2D eigenvalue weighted by Crippen LogP contribution is 2.20. The zero-order valence-electron chi connectivity index (χ0n) is 11.7. The van der Waals surface area contributed by atoms with Crippen molar-refractivity contribution in [2.24, 2.45) is 5.73 Å². The predicted octanol–water partition coefficient (Wildman–Crippen LogP) is 3.08. The molecule has 0 bridgehead atoms. The third-order valence-electron chi connectivity index (χ3n) is 3.00. The molecule has 2 aromatic carbocycles. The van der Waals surface area contributed by atoms with Crippen LogP contribution >= 0.6 is 24.0 Å². The van der Waals surface area contributed by atoms with Gasteiger partial charge in [0.1, 0.15) is 4.99 Å². The topological polar surface area (TPSA) is 46.3 Å². The van der Waals surface area contributed by atoms with Gasteiger partial charge in [-0.3, -0.25) is 4.79 Å². The van der Waals surface area contributed by atoms with Crippen LogP contribution in [-0.4, -0.2) is 23.7 Å². The van der Waals surface area contributed by atoms with Crippen LogP contribution in [0.2, 0.25) is 0 Å². The summed E-state index contributed by atoms with van der Waals surface area (Å²) in [6, 6.07) is 17.2. The Morgan fingerprint density at radius 3 is 2.57 bits per heavy atom. The molecule has 2 rings (SSSR count). The van der Waals surface area contributed by atoms with Gasteiger partial charge in [-0.1, -0.05) is 42.5 Å². The maximum atomic E-state index is 12.2. The van der Waals surface area contributed by atoms with E-state index in [9.17, 15) is 4.79 Å². The van der Waals surface area contributed by atoms with Crippen molar-refractivity contribution in [1.82, 2.24) is 0 Å². The second-order valence-corrected chi connectivity index (χ2v) is 5.96. The fraction of sp³-hybridized carbons (Fsp3) is 0.125. The molecule has 108 valence electrons. The van der Waals surface area contributed by atoms with Crippen LogP contribution in [0.5, 0.6) is 0 Å². The first-order valence-corrected chi connectivity index (χ1v) is 7.81. The standard InChI is InChI=1S/C16H16N2OS2/c1-18(13-7-5-6-12(10-13)16(17)20)15(19)11-21-14-8-3-2-4-9-14/h2-10H,11H2,1H3,(H2,17,20). The van der Waals surface area contributed by atoms with E-state index in [0.717, 1.165) is 16.1 Å². The molecule has 3 nitrogen and oxygen atoms in total. The summed E-state index contributed by atoms with van der Waals surface area (Å²) in [4.78, 5) is 15.3. The highest BCUT2D eigenvalue weighted by Gasteiger charge is 2.12. The number of hydrogen-bond donors (Lipinski definition) is 1. The number of carbonyl (C=O) groups is 1. The Hall–Kier alpha value is -1.85. The van der Waals surface area contributed by atoms with Crippen molar-refractivity contribution in [3.8, 4) is 0 Å². The van der Waals surface area contributed by atoms with Crippen LogP contribution < -0.4 is 10.6 Å². The highest BCUT2D eigenvalue weighted by molar-refractivity contribution is 8.00. The van der Waals surface area contributed by atoms with Crippen molar-refractivity contribution in [3.05, 3.63) is 60.2 Å². The number of carbonyl (C=O) groups excluding carboxylic acids is 1. The molecule has 1 amide bonds. The third kappa shape index (κ3) is 4.31. The molecule has 0 aliphatic heterocycles. The first-order chi connectivity index (χ1) is 10.1.